The number of aromatic nitrogens is 3. The minimum absolute atomic E-state index is 0.954. The van der Waals surface area contributed by atoms with E-state index in [1.807, 2.05) is 18.6 Å². The van der Waals surface area contributed by atoms with Crippen LogP contribution in [0.25, 0.3) is 66.8 Å². The van der Waals surface area contributed by atoms with Gasteiger partial charge < -0.3 is 0 Å². The van der Waals surface area contributed by atoms with Crippen LogP contribution >= 0.6 is 47.8 Å². The van der Waals surface area contributed by atoms with Gasteiger partial charge in [0.1, 0.15) is 0 Å². The highest BCUT2D eigenvalue weighted by atomic mass is 79.9. The fraction of sp³-hybridized carbons (Fsp3) is 0. The van der Waals surface area contributed by atoms with Crippen molar-refractivity contribution in [2.75, 3.05) is 0 Å². The zero-order valence-electron chi connectivity index (χ0n) is 23.8. The van der Waals surface area contributed by atoms with Gasteiger partial charge >= 0.3 is 0 Å². The molecule has 7 aromatic rings. The first-order valence-corrected chi connectivity index (χ1v) is 16.7. The lowest BCUT2D eigenvalue weighted by atomic mass is 9.91. The number of pyridine rings is 3. The van der Waals surface area contributed by atoms with E-state index in [1.54, 1.807) is 18.6 Å². The quantitative estimate of drug-likeness (QED) is 0.169. The molecule has 0 N–H and O–H groups in total. The lowest BCUT2D eigenvalue weighted by molar-refractivity contribution is 1.31. The van der Waals surface area contributed by atoms with Crippen LogP contribution in [0.1, 0.15) is 0 Å². The van der Waals surface area contributed by atoms with Crippen molar-refractivity contribution in [3.05, 3.63) is 160 Å². The second kappa shape index (κ2) is 13.0. The van der Waals surface area contributed by atoms with Crippen molar-refractivity contribution in [2.45, 2.75) is 0 Å². The van der Waals surface area contributed by atoms with E-state index >= 15 is 0 Å². The van der Waals surface area contributed by atoms with E-state index in [0.29, 0.717) is 0 Å². The second-order valence-electron chi connectivity index (χ2n) is 10.7. The van der Waals surface area contributed by atoms with Gasteiger partial charge in [0.05, 0.1) is 0 Å². The van der Waals surface area contributed by atoms with Gasteiger partial charge in [0.2, 0.25) is 0 Å². The van der Waals surface area contributed by atoms with Gasteiger partial charge in [-0.15, -0.1) is 0 Å². The monoisotopic (exact) mass is 771 g/mol. The molecule has 0 spiro atoms. The van der Waals surface area contributed by atoms with Gasteiger partial charge in [-0.05, 0) is 152 Å². The highest BCUT2D eigenvalue weighted by Crippen LogP contribution is 2.37. The zero-order valence-corrected chi connectivity index (χ0v) is 28.6. The summed E-state index contributed by atoms with van der Waals surface area (Å²) in [5.74, 6) is 0. The van der Waals surface area contributed by atoms with Gasteiger partial charge in [-0.3, -0.25) is 15.0 Å². The fourth-order valence-corrected chi connectivity index (χ4v) is 6.57. The summed E-state index contributed by atoms with van der Waals surface area (Å²) in [4.78, 5) is 13.2. The van der Waals surface area contributed by atoms with Crippen LogP contribution in [-0.2, 0) is 0 Å². The van der Waals surface area contributed by atoms with Gasteiger partial charge in [0.25, 0.3) is 0 Å². The lowest BCUT2D eigenvalue weighted by Gasteiger charge is -2.14. The molecule has 0 aliphatic carbocycles. The van der Waals surface area contributed by atoms with E-state index < -0.39 is 0 Å². The van der Waals surface area contributed by atoms with Crippen molar-refractivity contribution in [3.8, 4) is 66.8 Å². The Kier molecular flexibility index (Phi) is 8.53. The smallest absolute Gasteiger partial charge is 0.0410 e. The van der Waals surface area contributed by atoms with Crippen LogP contribution in [0, 0.1) is 0 Å². The summed E-state index contributed by atoms with van der Waals surface area (Å²) >= 11 is 10.7. The summed E-state index contributed by atoms with van der Waals surface area (Å²) in [5.41, 5.74) is 13.3. The topological polar surface area (TPSA) is 38.7 Å². The Bertz CT molecular complexity index is 1920. The van der Waals surface area contributed by atoms with Gasteiger partial charge in [-0.1, -0.05) is 54.6 Å². The predicted molar refractivity (Wildman–Crippen MR) is 196 cm³/mol. The van der Waals surface area contributed by atoms with Crippen LogP contribution in [0.2, 0.25) is 0 Å². The third-order valence-corrected chi connectivity index (χ3v) is 8.94. The Balaban J connectivity index is 1.38. The zero-order chi connectivity index (χ0) is 30.8. The molecular weight excluding hydrogens is 750 g/mol. The van der Waals surface area contributed by atoms with Gasteiger partial charge in [-0.25, -0.2) is 0 Å². The summed E-state index contributed by atoms with van der Waals surface area (Å²) in [6.07, 6.45) is 11.1. The molecule has 3 heterocycles. The lowest BCUT2D eigenvalue weighted by Crippen LogP contribution is -1.89. The summed E-state index contributed by atoms with van der Waals surface area (Å²) in [6.45, 7) is 0. The first-order chi connectivity index (χ1) is 22.0. The average molecular weight is 774 g/mol. The largest absolute Gasteiger partial charge is 0.263 e. The molecule has 7 rings (SSSR count). The molecule has 0 atom stereocenters. The van der Waals surface area contributed by atoms with E-state index in [0.717, 1.165) is 80.2 Å². The molecule has 0 amide bonds. The predicted octanol–water partition coefficient (Wildman–Crippen LogP) is 12.2. The molecule has 45 heavy (non-hydrogen) atoms. The highest BCUT2D eigenvalue weighted by Gasteiger charge is 2.11. The van der Waals surface area contributed by atoms with Crippen LogP contribution in [0.4, 0.5) is 0 Å². The molecule has 4 aromatic carbocycles. The van der Waals surface area contributed by atoms with Gasteiger partial charge in [0.15, 0.2) is 0 Å². The third-order valence-electron chi connectivity index (χ3n) is 7.64. The summed E-state index contributed by atoms with van der Waals surface area (Å²) in [5, 5.41) is 0. The third kappa shape index (κ3) is 6.74. The maximum Gasteiger partial charge on any atom is 0.0410 e. The molecule has 3 aromatic heterocycles. The summed E-state index contributed by atoms with van der Waals surface area (Å²) in [6, 6.07) is 39.1. The maximum absolute atomic E-state index is 4.39. The summed E-state index contributed by atoms with van der Waals surface area (Å²) < 4.78 is 2.86. The minimum Gasteiger partial charge on any atom is -0.263 e. The van der Waals surface area contributed by atoms with Crippen molar-refractivity contribution in [1.29, 1.82) is 0 Å². The molecule has 0 fully saturated rings. The van der Waals surface area contributed by atoms with Crippen molar-refractivity contribution in [1.82, 2.24) is 15.0 Å². The van der Waals surface area contributed by atoms with Crippen LogP contribution in [0.5, 0.6) is 0 Å². The highest BCUT2D eigenvalue weighted by molar-refractivity contribution is 9.11. The van der Waals surface area contributed by atoms with Crippen molar-refractivity contribution in [3.63, 3.8) is 0 Å². The van der Waals surface area contributed by atoms with Gasteiger partial charge in [-0.2, -0.15) is 0 Å². The van der Waals surface area contributed by atoms with Crippen LogP contribution in [0.3, 0.4) is 0 Å². The number of rotatable bonds is 6. The normalized spacial score (nSPS) is 11.0. The van der Waals surface area contributed by atoms with Crippen LogP contribution in [0.15, 0.2) is 160 Å². The Morgan fingerprint density at radius 1 is 0.267 bits per heavy atom. The molecule has 0 saturated heterocycles. The SMILES string of the molecule is Brc1cncc(-c2cccc(-c3cc(-c4cccc(-c5cncc(Br)c5)c4)cc(-c4cccc(-c5cncc(Br)c5)c4)c3)c2)c1. The van der Waals surface area contributed by atoms with Gasteiger partial charge in [0, 0.05) is 67.3 Å². The number of nitrogens with zero attached hydrogens (tertiary/aromatic N) is 3. The number of benzene rings is 4. The van der Waals surface area contributed by atoms with Crippen molar-refractivity contribution >= 4 is 47.8 Å². The molecule has 0 unspecified atom stereocenters. The number of hydrogen-bond acceptors (Lipinski definition) is 3. The van der Waals surface area contributed by atoms with E-state index in [1.165, 1.54) is 0 Å². The van der Waals surface area contributed by atoms with Crippen molar-refractivity contribution < 1.29 is 0 Å². The molecule has 0 saturated carbocycles. The Labute approximate surface area is 287 Å². The molecular formula is C39H24Br3N3. The molecule has 0 aliphatic heterocycles. The second-order valence-corrected chi connectivity index (χ2v) is 13.5. The van der Waals surface area contributed by atoms with Crippen molar-refractivity contribution in [2.24, 2.45) is 0 Å². The summed E-state index contributed by atoms with van der Waals surface area (Å²) in [7, 11) is 0. The van der Waals surface area contributed by atoms with E-state index in [2.05, 4.69) is 172 Å². The van der Waals surface area contributed by atoms with Crippen LogP contribution < -0.4 is 0 Å². The molecule has 0 radical (unpaired) electrons. The maximum atomic E-state index is 4.39. The molecule has 3 nitrogen and oxygen atoms in total. The minimum atomic E-state index is 0.954. The van der Waals surface area contributed by atoms with Crippen LogP contribution in [-0.4, -0.2) is 15.0 Å². The standard InChI is InChI=1S/C39H24Br3N3/c40-37-16-34(19-43-22-37)28-7-1-4-25(10-28)31-13-32(26-5-2-8-29(11-26)35-17-38(41)23-44-20-35)15-33(14-31)27-6-3-9-30(12-27)36-18-39(42)24-45-21-36/h1-24H. The average Bonchev–Trinajstić information content (AvgIpc) is 3.08. The molecule has 6 heteroatoms. The first kappa shape index (κ1) is 29.5. The van der Waals surface area contributed by atoms with E-state index in [-0.39, 0.29) is 0 Å². The Hall–Kier alpha value is -4.23. The van der Waals surface area contributed by atoms with E-state index in [4.69, 9.17) is 0 Å². The number of hydrogen-bond donors (Lipinski definition) is 0. The molecule has 216 valence electrons. The fourth-order valence-electron chi connectivity index (χ4n) is 5.47. The van der Waals surface area contributed by atoms with E-state index in [9.17, 15) is 0 Å². The number of halogens is 3. The molecule has 0 aliphatic rings. The molecule has 0 bridgehead atoms. The Morgan fingerprint density at radius 3 is 0.778 bits per heavy atom. The Morgan fingerprint density at radius 2 is 0.511 bits per heavy atom. The first-order valence-electron chi connectivity index (χ1n) is 14.3.